The second-order valence-corrected chi connectivity index (χ2v) is 7.61. The van der Waals surface area contributed by atoms with E-state index in [1.54, 1.807) is 12.1 Å². The molecule has 1 atom stereocenters. The number of hydrogen-bond acceptors (Lipinski definition) is 5. The molecule has 1 unspecified atom stereocenters. The molecule has 0 saturated heterocycles. The van der Waals surface area contributed by atoms with Crippen LogP contribution in [-0.4, -0.2) is 37.7 Å². The van der Waals surface area contributed by atoms with Crippen LogP contribution in [0.1, 0.15) is 42.5 Å². The van der Waals surface area contributed by atoms with Crippen molar-refractivity contribution in [1.82, 2.24) is 19.9 Å². The standard InChI is InChI=1S/C19H17FN4O2.C2HF3O2/c1-10(2)8-15-17-22-14-9-11(20)5-6-12(14)19(26)24(17)16-13(18(25)23-15)4-3-7-21-16;3-2(4,5)1(6)7/h3-7,9-10,15H,8H2,1-2H3,(H,23,25);(H,6,7). The van der Waals surface area contributed by atoms with E-state index < -0.39 is 24.0 Å². The second-order valence-electron chi connectivity index (χ2n) is 7.61. The van der Waals surface area contributed by atoms with Crippen molar-refractivity contribution in [3.8, 4) is 5.82 Å². The minimum absolute atomic E-state index is 0.245. The molecule has 0 spiro atoms. The van der Waals surface area contributed by atoms with Crippen molar-refractivity contribution in [2.75, 3.05) is 0 Å². The summed E-state index contributed by atoms with van der Waals surface area (Å²) < 4.78 is 46.8. The summed E-state index contributed by atoms with van der Waals surface area (Å²) >= 11 is 0. The fourth-order valence-electron chi connectivity index (χ4n) is 3.30. The van der Waals surface area contributed by atoms with Crippen LogP contribution in [0.4, 0.5) is 17.6 Å². The van der Waals surface area contributed by atoms with Crippen LogP contribution >= 0.6 is 0 Å². The summed E-state index contributed by atoms with van der Waals surface area (Å²) in [5, 5.41) is 10.3. The Labute approximate surface area is 183 Å². The van der Waals surface area contributed by atoms with Gasteiger partial charge in [0.05, 0.1) is 22.5 Å². The highest BCUT2D eigenvalue weighted by Crippen LogP contribution is 2.27. The van der Waals surface area contributed by atoms with E-state index in [9.17, 15) is 27.2 Å². The molecular weight excluding hydrogens is 448 g/mol. The molecule has 1 amide bonds. The van der Waals surface area contributed by atoms with E-state index in [4.69, 9.17) is 9.90 Å². The average Bonchev–Trinajstić information content (AvgIpc) is 2.82. The Morgan fingerprint density at radius 3 is 2.52 bits per heavy atom. The van der Waals surface area contributed by atoms with Gasteiger partial charge >= 0.3 is 12.1 Å². The number of aromatic nitrogens is 3. The third-order valence-electron chi connectivity index (χ3n) is 4.67. The number of amides is 1. The largest absolute Gasteiger partial charge is 0.490 e. The van der Waals surface area contributed by atoms with Crippen molar-refractivity contribution in [3.05, 3.63) is 64.1 Å². The molecule has 2 aromatic heterocycles. The molecule has 3 heterocycles. The van der Waals surface area contributed by atoms with Crippen LogP contribution in [0.15, 0.2) is 41.3 Å². The lowest BCUT2D eigenvalue weighted by Crippen LogP contribution is -2.31. The Balaban J connectivity index is 0.000000383. The molecule has 3 aromatic rings. The smallest absolute Gasteiger partial charge is 0.475 e. The highest BCUT2D eigenvalue weighted by molar-refractivity contribution is 5.98. The third kappa shape index (κ3) is 4.99. The number of benzene rings is 1. The molecule has 0 bridgehead atoms. The maximum absolute atomic E-state index is 13.7. The van der Waals surface area contributed by atoms with Crippen molar-refractivity contribution in [3.63, 3.8) is 0 Å². The number of carboxylic acid groups (broad SMARTS) is 1. The number of fused-ring (bicyclic) bond motifs is 4. The number of pyridine rings is 1. The Bertz CT molecular complexity index is 1290. The summed E-state index contributed by atoms with van der Waals surface area (Å²) in [5.74, 6) is -2.66. The maximum atomic E-state index is 13.7. The molecule has 0 saturated carbocycles. The molecule has 0 radical (unpaired) electrons. The van der Waals surface area contributed by atoms with Gasteiger partial charge in [-0.05, 0) is 36.6 Å². The van der Waals surface area contributed by atoms with Crippen LogP contribution in [0.2, 0.25) is 0 Å². The number of hydrogen-bond donors (Lipinski definition) is 2. The Morgan fingerprint density at radius 1 is 1.24 bits per heavy atom. The molecule has 2 N–H and O–H groups in total. The van der Waals surface area contributed by atoms with Gasteiger partial charge < -0.3 is 10.4 Å². The van der Waals surface area contributed by atoms with Crippen LogP contribution in [-0.2, 0) is 4.79 Å². The highest BCUT2D eigenvalue weighted by Gasteiger charge is 2.38. The zero-order valence-electron chi connectivity index (χ0n) is 17.4. The van der Waals surface area contributed by atoms with Gasteiger partial charge in [-0.3, -0.25) is 9.59 Å². The summed E-state index contributed by atoms with van der Waals surface area (Å²) in [4.78, 5) is 43.5. The minimum Gasteiger partial charge on any atom is -0.475 e. The van der Waals surface area contributed by atoms with Crippen LogP contribution in [0.25, 0.3) is 16.7 Å². The zero-order valence-corrected chi connectivity index (χ0v) is 17.4. The molecule has 8 nitrogen and oxygen atoms in total. The predicted molar refractivity (Wildman–Crippen MR) is 108 cm³/mol. The summed E-state index contributed by atoms with van der Waals surface area (Å²) in [6.07, 6.45) is -2.97. The lowest BCUT2D eigenvalue weighted by atomic mass is 10.0. The molecule has 0 fully saturated rings. The number of carbonyl (C=O) groups is 2. The number of carboxylic acids is 1. The van der Waals surface area contributed by atoms with Gasteiger partial charge in [-0.1, -0.05) is 13.8 Å². The number of rotatable bonds is 2. The first-order valence-corrected chi connectivity index (χ1v) is 9.68. The SMILES string of the molecule is CC(C)CC1NC(=O)c2cccnc2-n2c1nc1cc(F)ccc1c2=O.O=C(O)C(F)(F)F. The van der Waals surface area contributed by atoms with Gasteiger partial charge in [-0.2, -0.15) is 13.2 Å². The van der Waals surface area contributed by atoms with E-state index in [1.165, 1.54) is 29.0 Å². The van der Waals surface area contributed by atoms with Crippen LogP contribution in [0.3, 0.4) is 0 Å². The number of alkyl halides is 3. The summed E-state index contributed by atoms with van der Waals surface area (Å²) in [5.41, 5.74) is 0.212. The predicted octanol–water partition coefficient (Wildman–Crippen LogP) is 3.38. The van der Waals surface area contributed by atoms with Gasteiger partial charge in [0, 0.05) is 12.3 Å². The van der Waals surface area contributed by atoms with E-state index in [0.717, 1.165) is 0 Å². The second kappa shape index (κ2) is 8.96. The van der Waals surface area contributed by atoms with Gasteiger partial charge in [-0.15, -0.1) is 0 Å². The molecule has 12 heteroatoms. The first kappa shape index (κ1) is 23.8. The van der Waals surface area contributed by atoms with Gasteiger partial charge in [0.1, 0.15) is 11.6 Å². The molecule has 1 aromatic carbocycles. The van der Waals surface area contributed by atoms with E-state index in [0.29, 0.717) is 17.8 Å². The normalized spacial score (nSPS) is 15.1. The van der Waals surface area contributed by atoms with Gasteiger partial charge in [0.15, 0.2) is 5.82 Å². The average molecular weight is 466 g/mol. The van der Waals surface area contributed by atoms with Crippen molar-refractivity contribution in [1.29, 1.82) is 0 Å². The number of nitrogens with one attached hydrogen (secondary N) is 1. The Kier molecular flexibility index (Phi) is 6.47. The van der Waals surface area contributed by atoms with E-state index >= 15 is 0 Å². The van der Waals surface area contributed by atoms with Crippen LogP contribution in [0, 0.1) is 11.7 Å². The van der Waals surface area contributed by atoms with Crippen molar-refractivity contribution < 1.29 is 32.3 Å². The number of halogens is 4. The van der Waals surface area contributed by atoms with E-state index in [2.05, 4.69) is 15.3 Å². The number of carbonyl (C=O) groups excluding carboxylic acids is 1. The molecule has 4 rings (SSSR count). The quantitative estimate of drug-likeness (QED) is 0.560. The Morgan fingerprint density at radius 2 is 1.91 bits per heavy atom. The minimum atomic E-state index is -5.08. The first-order valence-electron chi connectivity index (χ1n) is 9.68. The molecule has 1 aliphatic rings. The summed E-state index contributed by atoms with van der Waals surface area (Å²) in [6.45, 7) is 4.04. The molecule has 0 aliphatic carbocycles. The molecular formula is C21H18F4N4O4. The number of aliphatic carboxylic acids is 1. The molecule has 1 aliphatic heterocycles. The molecule has 174 valence electrons. The van der Waals surface area contributed by atoms with Gasteiger partial charge in [0.2, 0.25) is 0 Å². The van der Waals surface area contributed by atoms with Crippen molar-refractivity contribution in [2.24, 2.45) is 5.92 Å². The fourth-order valence-corrected chi connectivity index (χ4v) is 3.30. The number of nitrogens with zero attached hydrogens (tertiary/aromatic N) is 3. The van der Waals surface area contributed by atoms with E-state index in [-0.39, 0.29) is 34.1 Å². The first-order chi connectivity index (χ1) is 15.4. The highest BCUT2D eigenvalue weighted by atomic mass is 19.4. The topological polar surface area (TPSA) is 114 Å². The monoisotopic (exact) mass is 466 g/mol. The van der Waals surface area contributed by atoms with Crippen LogP contribution in [0.5, 0.6) is 0 Å². The van der Waals surface area contributed by atoms with E-state index in [1.807, 2.05) is 13.8 Å². The lowest BCUT2D eigenvalue weighted by molar-refractivity contribution is -0.192. The van der Waals surface area contributed by atoms with Gasteiger partial charge in [-0.25, -0.2) is 23.7 Å². The maximum Gasteiger partial charge on any atom is 0.490 e. The Hall–Kier alpha value is -3.83. The van der Waals surface area contributed by atoms with Crippen LogP contribution < -0.4 is 10.9 Å². The third-order valence-corrected chi connectivity index (χ3v) is 4.67. The van der Waals surface area contributed by atoms with Gasteiger partial charge in [0.25, 0.3) is 11.5 Å². The fraction of sp³-hybridized carbons (Fsp3) is 0.286. The molecule has 33 heavy (non-hydrogen) atoms. The summed E-state index contributed by atoms with van der Waals surface area (Å²) in [6, 6.07) is 6.67. The van der Waals surface area contributed by atoms with Crippen molar-refractivity contribution >= 4 is 22.8 Å². The zero-order chi connectivity index (χ0) is 24.5. The summed E-state index contributed by atoms with van der Waals surface area (Å²) in [7, 11) is 0. The van der Waals surface area contributed by atoms with Crippen molar-refractivity contribution in [2.45, 2.75) is 32.5 Å². The lowest BCUT2D eigenvalue weighted by Gasteiger charge is -2.20.